The average molecular weight is 255 g/mol. The summed E-state index contributed by atoms with van der Waals surface area (Å²) in [7, 11) is 1.77. The maximum absolute atomic E-state index is 12.0. The first kappa shape index (κ1) is 12.5. The fourth-order valence-corrected chi connectivity index (χ4v) is 2.67. The minimum absolute atomic E-state index is 0.0673. The molecule has 6 heteroatoms. The highest BCUT2D eigenvalue weighted by molar-refractivity contribution is 7.09. The van der Waals surface area contributed by atoms with Crippen LogP contribution in [0.25, 0.3) is 0 Å². The number of hydrogen-bond donors (Lipinski definition) is 2. The lowest BCUT2D eigenvalue weighted by Gasteiger charge is -2.34. The lowest BCUT2D eigenvalue weighted by atomic mass is 9.82. The van der Waals surface area contributed by atoms with Crippen molar-refractivity contribution in [3.05, 3.63) is 16.1 Å². The van der Waals surface area contributed by atoms with Crippen LogP contribution in [0.3, 0.4) is 0 Å². The number of nitrogens with zero attached hydrogens (tertiary/aromatic N) is 2. The van der Waals surface area contributed by atoms with E-state index in [1.165, 1.54) is 11.3 Å². The van der Waals surface area contributed by atoms with Gasteiger partial charge in [-0.15, -0.1) is 11.3 Å². The molecule has 0 aliphatic heterocycles. The Kier molecular flexibility index (Phi) is 3.76. The molecule has 0 atom stereocenters. The predicted octanol–water partition coefficient (Wildman–Crippen LogP) is 0.445. The first-order chi connectivity index (χ1) is 8.10. The van der Waals surface area contributed by atoms with Crippen LogP contribution in [0.2, 0.25) is 0 Å². The molecule has 0 bridgehead atoms. The van der Waals surface area contributed by atoms with Crippen molar-refractivity contribution in [3.8, 4) is 0 Å². The molecule has 1 heterocycles. The van der Waals surface area contributed by atoms with Gasteiger partial charge in [0.05, 0.1) is 6.10 Å². The van der Waals surface area contributed by atoms with E-state index < -0.39 is 0 Å². The van der Waals surface area contributed by atoms with Crippen molar-refractivity contribution >= 4 is 17.2 Å². The van der Waals surface area contributed by atoms with Crippen molar-refractivity contribution in [2.45, 2.75) is 25.5 Å². The van der Waals surface area contributed by atoms with Gasteiger partial charge < -0.3 is 15.7 Å². The Labute approximate surface area is 104 Å². The number of rotatable bonds is 4. The van der Waals surface area contributed by atoms with E-state index in [0.717, 1.165) is 17.8 Å². The van der Waals surface area contributed by atoms with Crippen LogP contribution < -0.4 is 5.73 Å². The zero-order chi connectivity index (χ0) is 12.4. The standard InChI is InChI=1S/C11H17N3O2S/c1-14(5-7-2-8(15)3-7)11(16)9-6-17-10(4-12)13-9/h6-8,15H,2-5,12H2,1H3. The van der Waals surface area contributed by atoms with Gasteiger partial charge in [-0.1, -0.05) is 0 Å². The molecule has 1 aliphatic rings. The number of nitrogens with two attached hydrogens (primary N) is 1. The number of amides is 1. The molecule has 1 aromatic rings. The summed E-state index contributed by atoms with van der Waals surface area (Å²) in [6.45, 7) is 1.06. The number of thiazole rings is 1. The zero-order valence-corrected chi connectivity index (χ0v) is 10.6. The zero-order valence-electron chi connectivity index (χ0n) is 9.80. The lowest BCUT2D eigenvalue weighted by Crippen LogP contribution is -2.39. The van der Waals surface area contributed by atoms with E-state index in [1.807, 2.05) is 0 Å². The minimum Gasteiger partial charge on any atom is -0.393 e. The van der Waals surface area contributed by atoms with Gasteiger partial charge in [0.2, 0.25) is 0 Å². The maximum Gasteiger partial charge on any atom is 0.273 e. The smallest absolute Gasteiger partial charge is 0.273 e. The Balaban J connectivity index is 1.90. The van der Waals surface area contributed by atoms with Crippen LogP contribution in [0.4, 0.5) is 0 Å². The summed E-state index contributed by atoms with van der Waals surface area (Å²) in [5, 5.41) is 11.7. The van der Waals surface area contributed by atoms with E-state index in [0.29, 0.717) is 24.7 Å². The fourth-order valence-electron chi connectivity index (χ4n) is 2.02. The Morgan fingerprint density at radius 1 is 1.71 bits per heavy atom. The van der Waals surface area contributed by atoms with Crippen LogP contribution in [-0.2, 0) is 6.54 Å². The molecule has 0 radical (unpaired) electrons. The maximum atomic E-state index is 12.0. The largest absolute Gasteiger partial charge is 0.393 e. The van der Waals surface area contributed by atoms with Crippen LogP contribution >= 0.6 is 11.3 Å². The summed E-state index contributed by atoms with van der Waals surface area (Å²) in [6.07, 6.45) is 1.41. The molecular formula is C11H17N3O2S. The highest BCUT2D eigenvalue weighted by Gasteiger charge is 2.29. The SMILES string of the molecule is CN(CC1CC(O)C1)C(=O)c1csc(CN)n1. The van der Waals surface area contributed by atoms with Crippen LogP contribution in [0.5, 0.6) is 0 Å². The van der Waals surface area contributed by atoms with Gasteiger partial charge in [-0.2, -0.15) is 0 Å². The Morgan fingerprint density at radius 2 is 2.41 bits per heavy atom. The van der Waals surface area contributed by atoms with Gasteiger partial charge in [0.25, 0.3) is 5.91 Å². The molecule has 0 saturated heterocycles. The fraction of sp³-hybridized carbons (Fsp3) is 0.636. The summed E-state index contributed by atoms with van der Waals surface area (Å²) >= 11 is 1.41. The molecular weight excluding hydrogens is 238 g/mol. The first-order valence-corrected chi connectivity index (χ1v) is 6.56. The van der Waals surface area contributed by atoms with Gasteiger partial charge in [0, 0.05) is 25.5 Å². The van der Waals surface area contributed by atoms with Crippen molar-refractivity contribution in [3.63, 3.8) is 0 Å². The van der Waals surface area contributed by atoms with Crippen LogP contribution in [0.1, 0.15) is 28.3 Å². The predicted molar refractivity (Wildman–Crippen MR) is 65.7 cm³/mol. The molecule has 2 rings (SSSR count). The number of carbonyl (C=O) groups is 1. The van der Waals surface area contributed by atoms with E-state index in [1.54, 1.807) is 17.3 Å². The number of aliphatic hydroxyl groups is 1. The van der Waals surface area contributed by atoms with Crippen LogP contribution in [0, 0.1) is 5.92 Å². The van der Waals surface area contributed by atoms with E-state index in [-0.39, 0.29) is 12.0 Å². The highest BCUT2D eigenvalue weighted by Crippen LogP contribution is 2.27. The molecule has 1 fully saturated rings. The Morgan fingerprint density at radius 3 is 2.94 bits per heavy atom. The van der Waals surface area contributed by atoms with Gasteiger partial charge in [-0.05, 0) is 18.8 Å². The van der Waals surface area contributed by atoms with E-state index in [2.05, 4.69) is 4.98 Å². The Hall–Kier alpha value is -0.980. The molecule has 17 heavy (non-hydrogen) atoms. The normalized spacial score (nSPS) is 23.2. The first-order valence-electron chi connectivity index (χ1n) is 5.68. The number of aromatic nitrogens is 1. The molecule has 1 saturated carbocycles. The van der Waals surface area contributed by atoms with Crippen LogP contribution in [-0.4, -0.2) is 40.6 Å². The molecule has 1 amide bonds. The molecule has 3 N–H and O–H groups in total. The lowest BCUT2D eigenvalue weighted by molar-refractivity contribution is 0.0264. The van der Waals surface area contributed by atoms with Crippen molar-refractivity contribution < 1.29 is 9.90 Å². The second-order valence-corrected chi connectivity index (χ2v) is 5.45. The Bertz CT molecular complexity index is 401. The molecule has 0 spiro atoms. The molecule has 5 nitrogen and oxygen atoms in total. The van der Waals surface area contributed by atoms with E-state index >= 15 is 0 Å². The number of hydrogen-bond acceptors (Lipinski definition) is 5. The molecule has 94 valence electrons. The van der Waals surface area contributed by atoms with Crippen molar-refractivity contribution in [2.24, 2.45) is 11.7 Å². The van der Waals surface area contributed by atoms with Gasteiger partial charge in [-0.3, -0.25) is 4.79 Å². The summed E-state index contributed by atoms with van der Waals surface area (Å²) in [5.74, 6) is 0.355. The quantitative estimate of drug-likeness (QED) is 0.818. The molecule has 0 aromatic carbocycles. The second kappa shape index (κ2) is 5.12. The third kappa shape index (κ3) is 2.83. The van der Waals surface area contributed by atoms with Gasteiger partial charge in [0.15, 0.2) is 0 Å². The molecule has 1 aliphatic carbocycles. The second-order valence-electron chi connectivity index (χ2n) is 4.51. The van der Waals surface area contributed by atoms with Crippen molar-refractivity contribution in [2.75, 3.05) is 13.6 Å². The highest BCUT2D eigenvalue weighted by atomic mass is 32.1. The van der Waals surface area contributed by atoms with Crippen molar-refractivity contribution in [1.82, 2.24) is 9.88 Å². The summed E-state index contributed by atoms with van der Waals surface area (Å²) < 4.78 is 0. The molecule has 1 aromatic heterocycles. The summed E-state index contributed by atoms with van der Waals surface area (Å²) in [6, 6.07) is 0. The average Bonchev–Trinajstić information content (AvgIpc) is 2.74. The van der Waals surface area contributed by atoms with Gasteiger partial charge >= 0.3 is 0 Å². The van der Waals surface area contributed by atoms with Gasteiger partial charge in [-0.25, -0.2) is 4.98 Å². The minimum atomic E-state index is -0.174. The third-order valence-corrected chi connectivity index (χ3v) is 3.91. The monoisotopic (exact) mass is 255 g/mol. The van der Waals surface area contributed by atoms with E-state index in [9.17, 15) is 9.90 Å². The van der Waals surface area contributed by atoms with E-state index in [4.69, 9.17) is 5.73 Å². The molecule has 0 unspecified atom stereocenters. The third-order valence-electron chi connectivity index (χ3n) is 3.04. The number of carbonyl (C=O) groups excluding carboxylic acids is 1. The van der Waals surface area contributed by atoms with Crippen molar-refractivity contribution in [1.29, 1.82) is 0 Å². The summed E-state index contributed by atoms with van der Waals surface area (Å²) in [4.78, 5) is 17.8. The summed E-state index contributed by atoms with van der Waals surface area (Å²) in [5.41, 5.74) is 5.93. The van der Waals surface area contributed by atoms with Crippen LogP contribution in [0.15, 0.2) is 5.38 Å². The topological polar surface area (TPSA) is 79.5 Å². The van der Waals surface area contributed by atoms with Gasteiger partial charge in [0.1, 0.15) is 10.7 Å². The number of aliphatic hydroxyl groups excluding tert-OH is 1.